The molecule has 0 bridgehead atoms. The average molecular weight is 324 g/mol. The van der Waals surface area contributed by atoms with Gasteiger partial charge in [0.25, 0.3) is 0 Å². The van der Waals surface area contributed by atoms with Gasteiger partial charge in [-0.2, -0.15) is 0 Å². The van der Waals surface area contributed by atoms with E-state index >= 15 is 0 Å². The molecule has 1 aliphatic rings. The molecule has 1 amide bonds. The van der Waals surface area contributed by atoms with Gasteiger partial charge in [-0.05, 0) is 31.6 Å². The van der Waals surface area contributed by atoms with Crippen LogP contribution in [0.2, 0.25) is 0 Å². The summed E-state index contributed by atoms with van der Waals surface area (Å²) in [5.74, 6) is 0.799. The van der Waals surface area contributed by atoms with Crippen LogP contribution in [0.4, 0.5) is 15.7 Å². The second-order valence-corrected chi connectivity index (χ2v) is 7.57. The van der Waals surface area contributed by atoms with Crippen LogP contribution in [0.25, 0.3) is 0 Å². The topological polar surface area (TPSA) is 58.4 Å². The number of rotatable bonds is 6. The zero-order chi connectivity index (χ0) is 16.3. The van der Waals surface area contributed by atoms with Gasteiger partial charge in [0.2, 0.25) is 5.91 Å². The number of anilines is 3. The largest absolute Gasteiger partial charge is 0.396 e. The molecule has 0 spiro atoms. The monoisotopic (exact) mass is 323 g/mol. The second-order valence-electron chi connectivity index (χ2n) is 6.57. The quantitative estimate of drug-likeness (QED) is 0.828. The molecule has 1 aromatic heterocycles. The molecule has 5 heteroatoms. The maximum absolute atomic E-state index is 12.3. The van der Waals surface area contributed by atoms with E-state index in [1.54, 1.807) is 11.3 Å². The van der Waals surface area contributed by atoms with Crippen LogP contribution in [0.5, 0.6) is 0 Å². The summed E-state index contributed by atoms with van der Waals surface area (Å²) >= 11 is 1.65. The minimum atomic E-state index is 0.0743. The first-order valence-corrected chi connectivity index (χ1v) is 9.26. The third-order valence-electron chi connectivity index (χ3n) is 4.35. The molecular formula is C17H29N3OS. The molecule has 0 saturated carbocycles. The van der Waals surface area contributed by atoms with Gasteiger partial charge in [-0.15, -0.1) is 0 Å². The van der Waals surface area contributed by atoms with Crippen molar-refractivity contribution in [3.63, 3.8) is 0 Å². The van der Waals surface area contributed by atoms with Crippen molar-refractivity contribution in [3.8, 4) is 0 Å². The van der Waals surface area contributed by atoms with Gasteiger partial charge in [-0.25, -0.2) is 0 Å². The van der Waals surface area contributed by atoms with E-state index in [4.69, 9.17) is 5.73 Å². The Bertz CT molecular complexity index is 520. The number of nitrogen functional groups attached to an aromatic ring is 1. The Morgan fingerprint density at radius 3 is 2.64 bits per heavy atom. The van der Waals surface area contributed by atoms with Crippen LogP contribution in [0.1, 0.15) is 52.5 Å². The van der Waals surface area contributed by atoms with Gasteiger partial charge >= 0.3 is 0 Å². The van der Waals surface area contributed by atoms with E-state index in [1.807, 2.05) is 0 Å². The van der Waals surface area contributed by atoms with E-state index in [1.165, 1.54) is 10.6 Å². The summed E-state index contributed by atoms with van der Waals surface area (Å²) in [7, 11) is 0. The van der Waals surface area contributed by atoms with Crippen molar-refractivity contribution >= 4 is 32.9 Å². The molecule has 0 aromatic carbocycles. The lowest BCUT2D eigenvalue weighted by atomic mass is 10.0. The molecule has 1 aliphatic heterocycles. The Hall–Kier alpha value is -1.23. The van der Waals surface area contributed by atoms with Gasteiger partial charge in [0.1, 0.15) is 5.00 Å². The van der Waals surface area contributed by atoms with Crippen LogP contribution in [-0.2, 0) is 11.2 Å². The zero-order valence-electron chi connectivity index (χ0n) is 14.2. The molecule has 4 nitrogen and oxygen atoms in total. The maximum atomic E-state index is 12.3. The molecule has 0 radical (unpaired) electrons. The third kappa shape index (κ3) is 3.57. The molecule has 2 heterocycles. The van der Waals surface area contributed by atoms with E-state index in [9.17, 15) is 4.79 Å². The fourth-order valence-corrected chi connectivity index (χ4v) is 4.30. The second kappa shape index (κ2) is 7.36. The van der Waals surface area contributed by atoms with Crippen LogP contribution in [0.3, 0.4) is 0 Å². The number of nitrogens with zero attached hydrogens (tertiary/aromatic N) is 1. The molecule has 2 rings (SSSR count). The van der Waals surface area contributed by atoms with E-state index in [0.29, 0.717) is 5.92 Å². The lowest BCUT2D eigenvalue weighted by molar-refractivity contribution is -0.120. The Kier molecular flexibility index (Phi) is 5.73. The summed E-state index contributed by atoms with van der Waals surface area (Å²) < 4.78 is 0. The molecular weight excluding hydrogens is 294 g/mol. The van der Waals surface area contributed by atoms with Crippen molar-refractivity contribution in [2.45, 2.75) is 53.4 Å². The summed E-state index contributed by atoms with van der Waals surface area (Å²) in [4.78, 5) is 14.8. The summed E-state index contributed by atoms with van der Waals surface area (Å²) in [5, 5.41) is 5.18. The highest BCUT2D eigenvalue weighted by molar-refractivity contribution is 7.21. The lowest BCUT2D eigenvalue weighted by Crippen LogP contribution is -2.31. The number of carbonyl (C=O) groups excluding carboxylic acids is 1. The standard InChI is InChI=1S/C17H29N3OS/c1-5-12(6-2)15(21)19-16-14(18)13-8-7-9-20(10-11(3)4)17(13)22-16/h11-12H,5-10,18H2,1-4H3,(H,19,21). The molecule has 3 N–H and O–H groups in total. The highest BCUT2D eigenvalue weighted by Crippen LogP contribution is 2.45. The third-order valence-corrected chi connectivity index (χ3v) is 5.57. The van der Waals surface area contributed by atoms with Gasteiger partial charge in [0.05, 0.1) is 10.7 Å². The molecule has 0 saturated heterocycles. The Balaban J connectivity index is 2.21. The van der Waals surface area contributed by atoms with Crippen molar-refractivity contribution < 1.29 is 4.79 Å². The number of carbonyl (C=O) groups is 1. The summed E-state index contributed by atoms with van der Waals surface area (Å²) in [5.41, 5.74) is 8.34. The smallest absolute Gasteiger partial charge is 0.228 e. The summed E-state index contributed by atoms with van der Waals surface area (Å²) in [6.45, 7) is 10.7. The van der Waals surface area contributed by atoms with Gasteiger partial charge in [0.15, 0.2) is 0 Å². The van der Waals surface area contributed by atoms with Crippen molar-refractivity contribution in [3.05, 3.63) is 5.56 Å². The first kappa shape index (κ1) is 17.1. The number of hydrogen-bond donors (Lipinski definition) is 2. The van der Waals surface area contributed by atoms with Gasteiger partial charge < -0.3 is 16.0 Å². The van der Waals surface area contributed by atoms with Crippen molar-refractivity contribution in [2.24, 2.45) is 11.8 Å². The van der Waals surface area contributed by atoms with E-state index in [-0.39, 0.29) is 11.8 Å². The predicted octanol–water partition coefficient (Wildman–Crippen LogP) is 4.11. The van der Waals surface area contributed by atoms with Gasteiger partial charge in [-0.3, -0.25) is 4.79 Å². The first-order valence-electron chi connectivity index (χ1n) is 8.44. The Morgan fingerprint density at radius 2 is 2.05 bits per heavy atom. The number of hydrogen-bond acceptors (Lipinski definition) is 4. The number of fused-ring (bicyclic) bond motifs is 1. The normalized spacial score (nSPS) is 14.5. The Morgan fingerprint density at radius 1 is 1.36 bits per heavy atom. The van der Waals surface area contributed by atoms with Crippen molar-refractivity contribution in [1.29, 1.82) is 0 Å². The van der Waals surface area contributed by atoms with Gasteiger partial charge in [0, 0.05) is 24.6 Å². The lowest BCUT2D eigenvalue weighted by Gasteiger charge is -2.30. The van der Waals surface area contributed by atoms with E-state index in [2.05, 4.69) is 37.9 Å². The first-order chi connectivity index (χ1) is 10.5. The molecule has 1 aromatic rings. The summed E-state index contributed by atoms with van der Waals surface area (Å²) in [6, 6.07) is 0. The Labute approximate surface area is 138 Å². The van der Waals surface area contributed by atoms with Crippen LogP contribution >= 0.6 is 11.3 Å². The zero-order valence-corrected chi connectivity index (χ0v) is 15.1. The van der Waals surface area contributed by atoms with Crippen LogP contribution in [0.15, 0.2) is 0 Å². The highest BCUT2D eigenvalue weighted by atomic mass is 32.1. The molecule has 0 atom stereocenters. The molecule has 22 heavy (non-hydrogen) atoms. The summed E-state index contributed by atoms with van der Waals surface area (Å²) in [6.07, 6.45) is 3.90. The SMILES string of the molecule is CCC(CC)C(=O)Nc1sc2c(c1N)CCCN2CC(C)C. The van der Waals surface area contributed by atoms with E-state index in [0.717, 1.165) is 49.5 Å². The number of amides is 1. The van der Waals surface area contributed by atoms with Crippen molar-refractivity contribution in [2.75, 3.05) is 29.0 Å². The van der Waals surface area contributed by atoms with Crippen molar-refractivity contribution in [1.82, 2.24) is 0 Å². The van der Waals surface area contributed by atoms with E-state index < -0.39 is 0 Å². The molecule has 124 valence electrons. The molecule has 0 aliphatic carbocycles. The highest BCUT2D eigenvalue weighted by Gasteiger charge is 2.26. The van der Waals surface area contributed by atoms with Gasteiger partial charge in [-0.1, -0.05) is 39.0 Å². The minimum Gasteiger partial charge on any atom is -0.396 e. The minimum absolute atomic E-state index is 0.0743. The van der Waals surface area contributed by atoms with Crippen LogP contribution in [0, 0.1) is 11.8 Å². The van der Waals surface area contributed by atoms with Crippen LogP contribution in [-0.4, -0.2) is 19.0 Å². The predicted molar refractivity (Wildman–Crippen MR) is 96.8 cm³/mol. The van der Waals surface area contributed by atoms with Crippen LogP contribution < -0.4 is 16.0 Å². The molecule has 0 unspecified atom stereocenters. The fraction of sp³-hybridized carbons (Fsp3) is 0.706. The fourth-order valence-electron chi connectivity index (χ4n) is 3.09. The number of nitrogens with two attached hydrogens (primary N) is 1. The molecule has 0 fully saturated rings. The average Bonchev–Trinajstić information content (AvgIpc) is 2.78. The maximum Gasteiger partial charge on any atom is 0.228 e. The number of nitrogens with one attached hydrogen (secondary N) is 1. The number of thiophene rings is 1.